The van der Waals surface area contributed by atoms with Crippen molar-refractivity contribution in [3.63, 3.8) is 0 Å². The lowest BCUT2D eigenvalue weighted by Crippen LogP contribution is -2.10. The van der Waals surface area contributed by atoms with Gasteiger partial charge in [0.1, 0.15) is 4.91 Å². The molecule has 0 amide bonds. The molecule has 18 heavy (non-hydrogen) atoms. The number of thioether (sulfide) groups is 3. The van der Waals surface area contributed by atoms with E-state index in [-0.39, 0.29) is 0 Å². The predicted molar refractivity (Wildman–Crippen MR) is 77.0 cm³/mol. The highest BCUT2D eigenvalue weighted by Gasteiger charge is 2.36. The van der Waals surface area contributed by atoms with E-state index < -0.39 is 11.1 Å². The van der Waals surface area contributed by atoms with Crippen LogP contribution in [0.15, 0.2) is 44.4 Å². The van der Waals surface area contributed by atoms with Gasteiger partial charge in [-0.2, -0.15) is 13.2 Å². The molecule has 1 aromatic rings. The maximum absolute atomic E-state index is 12.9. The van der Waals surface area contributed by atoms with E-state index in [4.69, 9.17) is 0 Å². The Morgan fingerprint density at radius 1 is 1.17 bits per heavy atom. The lowest BCUT2D eigenvalue weighted by molar-refractivity contribution is -0.0835. The van der Waals surface area contributed by atoms with Gasteiger partial charge in [-0.25, -0.2) is 0 Å². The average molecular weight is 310 g/mol. The number of allylic oxidation sites excluding steroid dienone is 1. The zero-order valence-electron chi connectivity index (χ0n) is 9.95. The Balaban J connectivity index is 3.03. The number of benzene rings is 1. The van der Waals surface area contributed by atoms with Crippen molar-refractivity contribution >= 4 is 35.3 Å². The van der Waals surface area contributed by atoms with Crippen LogP contribution in [0.3, 0.4) is 0 Å². The molecule has 0 radical (unpaired) electrons. The summed E-state index contributed by atoms with van der Waals surface area (Å²) in [7, 11) is 0. The Morgan fingerprint density at radius 2 is 1.78 bits per heavy atom. The summed E-state index contributed by atoms with van der Waals surface area (Å²) in [6.07, 6.45) is -2.60. The first-order valence-corrected chi connectivity index (χ1v) is 8.22. The second kappa shape index (κ2) is 7.40. The molecule has 0 atom stereocenters. The molecule has 0 saturated heterocycles. The maximum Gasteiger partial charge on any atom is 0.423 e. The maximum atomic E-state index is 12.9. The normalized spacial score (nSPS) is 13.4. The first-order valence-electron chi connectivity index (χ1n) is 5.20. The molecule has 1 aromatic carbocycles. The number of hydrogen-bond donors (Lipinski definition) is 0. The van der Waals surface area contributed by atoms with Crippen molar-refractivity contribution < 1.29 is 13.2 Å². The van der Waals surface area contributed by atoms with E-state index in [2.05, 4.69) is 0 Å². The van der Waals surface area contributed by atoms with Crippen molar-refractivity contribution in [3.05, 3.63) is 39.5 Å². The van der Waals surface area contributed by atoms with Gasteiger partial charge in [0.05, 0.1) is 4.24 Å². The van der Waals surface area contributed by atoms with E-state index in [1.165, 1.54) is 11.8 Å². The van der Waals surface area contributed by atoms with E-state index in [1.807, 2.05) is 30.3 Å². The molecular weight excluding hydrogens is 297 g/mol. The standard InChI is InChI=1S/C12H13F3S3/c1-3-17-10(12(13,14)15)11(16-2)18-9-7-5-4-6-8-9/h4-8H,3H2,1-2H3/b11-10+. The Morgan fingerprint density at radius 3 is 2.22 bits per heavy atom. The second-order valence-electron chi connectivity index (χ2n) is 3.17. The summed E-state index contributed by atoms with van der Waals surface area (Å²) in [5.41, 5.74) is 0. The SMILES string of the molecule is CCS/C(=C(\SC)Sc1ccccc1)C(F)(F)F. The van der Waals surface area contributed by atoms with E-state index in [1.54, 1.807) is 13.2 Å². The first-order chi connectivity index (χ1) is 8.49. The zero-order valence-corrected chi connectivity index (χ0v) is 12.4. The highest BCUT2D eigenvalue weighted by atomic mass is 32.2. The lowest BCUT2D eigenvalue weighted by Gasteiger charge is -2.15. The van der Waals surface area contributed by atoms with Crippen LogP contribution in [-0.4, -0.2) is 18.2 Å². The molecule has 0 aliphatic heterocycles. The minimum atomic E-state index is -4.28. The molecule has 0 heterocycles. The van der Waals surface area contributed by atoms with Gasteiger partial charge in [0.25, 0.3) is 0 Å². The Hall–Kier alpha value is -0.200. The van der Waals surface area contributed by atoms with Gasteiger partial charge in [-0.05, 0) is 24.1 Å². The number of hydrogen-bond acceptors (Lipinski definition) is 3. The van der Waals surface area contributed by atoms with Crippen LogP contribution in [0, 0.1) is 0 Å². The highest BCUT2D eigenvalue weighted by Crippen LogP contribution is 2.46. The van der Waals surface area contributed by atoms with Crippen LogP contribution in [0.25, 0.3) is 0 Å². The topological polar surface area (TPSA) is 0 Å². The van der Waals surface area contributed by atoms with Crippen molar-refractivity contribution in [3.8, 4) is 0 Å². The van der Waals surface area contributed by atoms with Crippen LogP contribution in [0.2, 0.25) is 0 Å². The monoisotopic (exact) mass is 310 g/mol. The Labute approximate surface area is 118 Å². The average Bonchev–Trinajstić information content (AvgIpc) is 2.33. The van der Waals surface area contributed by atoms with Crippen molar-refractivity contribution in [2.75, 3.05) is 12.0 Å². The molecule has 0 bridgehead atoms. The van der Waals surface area contributed by atoms with Gasteiger partial charge in [0.2, 0.25) is 0 Å². The minimum Gasteiger partial charge on any atom is -0.166 e. The van der Waals surface area contributed by atoms with Crippen LogP contribution in [0.1, 0.15) is 6.92 Å². The predicted octanol–water partition coefficient (Wildman–Crippen LogP) is 5.63. The van der Waals surface area contributed by atoms with Gasteiger partial charge in [-0.15, -0.1) is 23.5 Å². The fourth-order valence-corrected chi connectivity index (χ4v) is 4.11. The van der Waals surface area contributed by atoms with Crippen LogP contribution >= 0.6 is 35.3 Å². The first kappa shape index (κ1) is 15.9. The van der Waals surface area contributed by atoms with Gasteiger partial charge in [-0.3, -0.25) is 0 Å². The van der Waals surface area contributed by atoms with Crippen LogP contribution in [0.4, 0.5) is 13.2 Å². The molecule has 0 unspecified atom stereocenters. The largest absolute Gasteiger partial charge is 0.423 e. The van der Waals surface area contributed by atoms with Gasteiger partial charge in [0, 0.05) is 4.90 Å². The summed E-state index contributed by atoms with van der Waals surface area (Å²) in [6.45, 7) is 1.72. The summed E-state index contributed by atoms with van der Waals surface area (Å²) in [5, 5.41) is 0. The Bertz CT molecular complexity index is 399. The van der Waals surface area contributed by atoms with E-state index in [9.17, 15) is 13.2 Å². The lowest BCUT2D eigenvalue weighted by atomic mass is 10.4. The summed E-state index contributed by atoms with van der Waals surface area (Å²) in [6, 6.07) is 9.11. The molecule has 0 N–H and O–H groups in total. The Kier molecular flexibility index (Phi) is 6.52. The molecule has 0 saturated carbocycles. The number of rotatable bonds is 5. The summed E-state index contributed by atoms with van der Waals surface area (Å²) < 4.78 is 39.1. The molecule has 0 nitrogen and oxygen atoms in total. The third kappa shape index (κ3) is 4.82. The van der Waals surface area contributed by atoms with Crippen LogP contribution in [0.5, 0.6) is 0 Å². The second-order valence-corrected chi connectivity index (χ2v) is 6.60. The molecule has 100 valence electrons. The van der Waals surface area contributed by atoms with Crippen LogP contribution in [-0.2, 0) is 0 Å². The molecule has 1 rings (SSSR count). The van der Waals surface area contributed by atoms with Gasteiger partial charge < -0.3 is 0 Å². The van der Waals surface area contributed by atoms with E-state index in [0.29, 0.717) is 9.99 Å². The van der Waals surface area contributed by atoms with Crippen molar-refractivity contribution in [2.45, 2.75) is 18.0 Å². The van der Waals surface area contributed by atoms with Crippen molar-refractivity contribution in [1.29, 1.82) is 0 Å². The summed E-state index contributed by atoms with van der Waals surface area (Å²) >= 11 is 3.16. The fourth-order valence-electron chi connectivity index (χ4n) is 1.18. The molecule has 6 heteroatoms. The molecule has 0 aliphatic carbocycles. The van der Waals surface area contributed by atoms with Crippen molar-refractivity contribution in [1.82, 2.24) is 0 Å². The summed E-state index contributed by atoms with van der Waals surface area (Å²) in [5.74, 6) is 0.411. The molecule has 0 spiro atoms. The van der Waals surface area contributed by atoms with Gasteiger partial charge in [0.15, 0.2) is 0 Å². The molecule has 0 aromatic heterocycles. The van der Waals surface area contributed by atoms with Gasteiger partial charge in [-0.1, -0.05) is 36.9 Å². The third-order valence-electron chi connectivity index (χ3n) is 1.87. The summed E-state index contributed by atoms with van der Waals surface area (Å²) in [4.78, 5) is 0.326. The number of alkyl halides is 3. The smallest absolute Gasteiger partial charge is 0.166 e. The fraction of sp³-hybridized carbons (Fsp3) is 0.333. The van der Waals surface area contributed by atoms with Gasteiger partial charge >= 0.3 is 6.18 Å². The van der Waals surface area contributed by atoms with E-state index in [0.717, 1.165) is 28.4 Å². The zero-order chi connectivity index (χ0) is 13.6. The molecular formula is C12H13F3S3. The van der Waals surface area contributed by atoms with E-state index >= 15 is 0 Å². The quantitative estimate of drug-likeness (QED) is 0.647. The third-order valence-corrected chi connectivity index (χ3v) is 5.36. The van der Waals surface area contributed by atoms with Crippen LogP contribution < -0.4 is 0 Å². The number of halogens is 3. The minimum absolute atomic E-state index is 0.306. The molecule has 0 fully saturated rings. The molecule has 0 aliphatic rings. The highest BCUT2D eigenvalue weighted by molar-refractivity contribution is 8.23. The van der Waals surface area contributed by atoms with Crippen molar-refractivity contribution in [2.24, 2.45) is 0 Å².